The molecule has 1 aliphatic carbocycles. The van der Waals surface area contributed by atoms with Crippen molar-refractivity contribution in [2.75, 3.05) is 20.3 Å². The molecular formula is C10H13ClN2O5S. The van der Waals surface area contributed by atoms with Gasteiger partial charge < -0.3 is 9.47 Å². The quantitative estimate of drug-likeness (QED) is 0.478. The molecule has 19 heavy (non-hydrogen) atoms. The Balaban J connectivity index is 2.27. The molecule has 0 amide bonds. The molecule has 1 aromatic heterocycles. The molecular weight excluding hydrogens is 296 g/mol. The first kappa shape index (κ1) is 14.3. The fraction of sp³-hybridized carbons (Fsp3) is 0.600. The molecule has 0 spiro atoms. The molecule has 1 fully saturated rings. The highest BCUT2D eigenvalue weighted by Crippen LogP contribution is 2.43. The van der Waals surface area contributed by atoms with E-state index in [9.17, 15) is 13.2 Å². The first-order chi connectivity index (χ1) is 8.95. The maximum atomic E-state index is 11.8. The molecule has 0 aromatic carbocycles. The van der Waals surface area contributed by atoms with Crippen LogP contribution < -0.4 is 0 Å². The minimum Gasteiger partial charge on any atom is -0.458 e. The number of rotatable bonds is 6. The van der Waals surface area contributed by atoms with Crippen molar-refractivity contribution in [3.8, 4) is 0 Å². The minimum atomic E-state index is -4.06. The molecule has 0 bridgehead atoms. The summed E-state index contributed by atoms with van der Waals surface area (Å²) in [6.07, 6.45) is 1.69. The van der Waals surface area contributed by atoms with E-state index in [2.05, 4.69) is 10.2 Å². The summed E-state index contributed by atoms with van der Waals surface area (Å²) in [5.41, 5.74) is 0.0849. The normalized spacial score (nSPS) is 15.5. The summed E-state index contributed by atoms with van der Waals surface area (Å²) in [5.74, 6) is -0.768. The highest BCUT2D eigenvalue weighted by molar-refractivity contribution is 8.13. The Morgan fingerprint density at radius 2 is 2.16 bits per heavy atom. The van der Waals surface area contributed by atoms with Gasteiger partial charge in [0.1, 0.15) is 11.5 Å². The summed E-state index contributed by atoms with van der Waals surface area (Å²) < 4.78 is 32.7. The molecule has 1 N–H and O–H groups in total. The summed E-state index contributed by atoms with van der Waals surface area (Å²) in [6, 6.07) is 0. The average Bonchev–Trinajstić information content (AvgIpc) is 3.06. The van der Waals surface area contributed by atoms with Crippen LogP contribution in [0.2, 0.25) is 0 Å². The van der Waals surface area contributed by atoms with E-state index < -0.39 is 15.0 Å². The molecule has 7 nitrogen and oxygen atoms in total. The fourth-order valence-corrected chi connectivity index (χ4v) is 2.97. The molecule has 106 valence electrons. The zero-order valence-corrected chi connectivity index (χ0v) is 11.8. The molecule has 1 saturated carbocycles. The van der Waals surface area contributed by atoms with Gasteiger partial charge >= 0.3 is 5.97 Å². The Kier molecular flexibility index (Phi) is 4.12. The van der Waals surface area contributed by atoms with Crippen molar-refractivity contribution in [2.24, 2.45) is 0 Å². The first-order valence-electron chi connectivity index (χ1n) is 5.64. The molecule has 1 heterocycles. The van der Waals surface area contributed by atoms with Crippen LogP contribution in [0.15, 0.2) is 4.90 Å². The zero-order chi connectivity index (χ0) is 14.0. The van der Waals surface area contributed by atoms with Gasteiger partial charge in [0.05, 0.1) is 12.3 Å². The van der Waals surface area contributed by atoms with E-state index in [1.165, 1.54) is 7.11 Å². The van der Waals surface area contributed by atoms with Gasteiger partial charge in [0.2, 0.25) is 0 Å². The molecule has 0 saturated heterocycles. The van der Waals surface area contributed by atoms with E-state index in [1.54, 1.807) is 0 Å². The number of ether oxygens (including phenoxy) is 2. The summed E-state index contributed by atoms with van der Waals surface area (Å²) in [4.78, 5) is 11.5. The maximum absolute atomic E-state index is 11.8. The lowest BCUT2D eigenvalue weighted by atomic mass is 10.2. The van der Waals surface area contributed by atoms with Gasteiger partial charge in [-0.15, -0.1) is 0 Å². The highest BCUT2D eigenvalue weighted by atomic mass is 35.7. The lowest BCUT2D eigenvalue weighted by molar-refractivity contribution is 0.0377. The van der Waals surface area contributed by atoms with Crippen LogP contribution in [0.5, 0.6) is 0 Å². The number of hydrogen-bond acceptors (Lipinski definition) is 6. The Bertz CT molecular complexity index is 579. The monoisotopic (exact) mass is 308 g/mol. The number of esters is 1. The van der Waals surface area contributed by atoms with Crippen LogP contribution in [0.1, 0.15) is 34.9 Å². The third-order valence-electron chi connectivity index (χ3n) is 2.69. The predicted octanol–water partition coefficient (Wildman–Crippen LogP) is 1.02. The second-order valence-corrected chi connectivity index (χ2v) is 6.66. The molecule has 0 atom stereocenters. The SMILES string of the molecule is COCCOC(=O)c1n[nH]c(C2CC2)c1S(=O)(=O)Cl. The number of carbonyl (C=O) groups is 1. The van der Waals surface area contributed by atoms with Crippen LogP contribution in [0.4, 0.5) is 0 Å². The lowest BCUT2D eigenvalue weighted by Gasteiger charge is -2.03. The summed E-state index contributed by atoms with van der Waals surface area (Å²) >= 11 is 0. The van der Waals surface area contributed by atoms with Gasteiger partial charge in [-0.3, -0.25) is 5.10 Å². The number of methoxy groups -OCH3 is 1. The number of nitrogens with one attached hydrogen (secondary N) is 1. The van der Waals surface area contributed by atoms with Crippen molar-refractivity contribution in [1.29, 1.82) is 0 Å². The van der Waals surface area contributed by atoms with Crippen molar-refractivity contribution in [3.63, 3.8) is 0 Å². The van der Waals surface area contributed by atoms with Crippen LogP contribution in [0.3, 0.4) is 0 Å². The van der Waals surface area contributed by atoms with Crippen molar-refractivity contribution < 1.29 is 22.7 Å². The second-order valence-electron chi connectivity index (χ2n) is 4.16. The first-order valence-corrected chi connectivity index (χ1v) is 7.95. The van der Waals surface area contributed by atoms with Crippen LogP contribution in [-0.2, 0) is 18.5 Å². The number of aromatic nitrogens is 2. The van der Waals surface area contributed by atoms with Gasteiger partial charge in [-0.2, -0.15) is 5.10 Å². The highest BCUT2D eigenvalue weighted by Gasteiger charge is 2.36. The van der Waals surface area contributed by atoms with Gasteiger partial charge in [0, 0.05) is 23.7 Å². The van der Waals surface area contributed by atoms with Crippen molar-refractivity contribution in [2.45, 2.75) is 23.7 Å². The van der Waals surface area contributed by atoms with Gasteiger partial charge in [-0.05, 0) is 12.8 Å². The maximum Gasteiger partial charge on any atom is 0.360 e. The van der Waals surface area contributed by atoms with E-state index >= 15 is 0 Å². The summed E-state index contributed by atoms with van der Waals surface area (Å²) in [7, 11) is 2.77. The van der Waals surface area contributed by atoms with Gasteiger partial charge in [0.25, 0.3) is 9.05 Å². The summed E-state index contributed by atoms with van der Waals surface area (Å²) in [6.45, 7) is 0.233. The number of hydrogen-bond donors (Lipinski definition) is 1. The minimum absolute atomic E-state index is 0.0166. The van der Waals surface area contributed by atoms with Crippen LogP contribution >= 0.6 is 10.7 Å². The predicted molar refractivity (Wildman–Crippen MR) is 65.8 cm³/mol. The molecule has 0 radical (unpaired) electrons. The molecule has 2 rings (SSSR count). The Labute approximate surface area is 114 Å². The number of halogens is 1. The molecule has 1 aromatic rings. The number of H-pyrrole nitrogens is 1. The zero-order valence-electron chi connectivity index (χ0n) is 10.2. The van der Waals surface area contributed by atoms with Gasteiger partial charge in [-0.1, -0.05) is 0 Å². The molecule has 0 unspecified atom stereocenters. The van der Waals surface area contributed by atoms with E-state index in [-0.39, 0.29) is 29.7 Å². The van der Waals surface area contributed by atoms with Crippen molar-refractivity contribution in [1.82, 2.24) is 10.2 Å². The molecule has 9 heteroatoms. The largest absolute Gasteiger partial charge is 0.458 e. The smallest absolute Gasteiger partial charge is 0.360 e. The van der Waals surface area contributed by atoms with Crippen LogP contribution in [-0.4, -0.2) is 44.9 Å². The second kappa shape index (κ2) is 5.48. The Hall–Kier alpha value is -1.12. The van der Waals surface area contributed by atoms with Crippen molar-refractivity contribution in [3.05, 3.63) is 11.4 Å². The van der Waals surface area contributed by atoms with Crippen LogP contribution in [0.25, 0.3) is 0 Å². The topological polar surface area (TPSA) is 98.3 Å². The lowest BCUT2D eigenvalue weighted by Crippen LogP contribution is -2.13. The molecule has 0 aliphatic heterocycles. The number of aromatic amines is 1. The van der Waals surface area contributed by atoms with E-state index in [4.69, 9.17) is 20.2 Å². The van der Waals surface area contributed by atoms with E-state index in [1.807, 2.05) is 0 Å². The third-order valence-corrected chi connectivity index (χ3v) is 4.06. The van der Waals surface area contributed by atoms with Crippen molar-refractivity contribution >= 4 is 25.7 Å². The van der Waals surface area contributed by atoms with E-state index in [0.717, 1.165) is 12.8 Å². The fourth-order valence-electron chi connectivity index (χ4n) is 1.67. The Morgan fingerprint density at radius 1 is 1.47 bits per heavy atom. The average molecular weight is 309 g/mol. The number of nitrogens with zero attached hydrogens (tertiary/aromatic N) is 1. The standard InChI is InChI=1S/C10H13ClN2O5S/c1-17-4-5-18-10(14)8-9(19(11,15)16)7(12-13-8)6-2-3-6/h6H,2-5H2,1H3,(H,12,13). The third kappa shape index (κ3) is 3.26. The van der Waals surface area contributed by atoms with E-state index in [0.29, 0.717) is 5.69 Å². The summed E-state index contributed by atoms with van der Waals surface area (Å²) in [5, 5.41) is 6.29. The Morgan fingerprint density at radius 3 is 2.68 bits per heavy atom. The van der Waals surface area contributed by atoms with Gasteiger partial charge in [0.15, 0.2) is 5.69 Å². The van der Waals surface area contributed by atoms with Crippen LogP contribution in [0, 0.1) is 0 Å². The number of carbonyl (C=O) groups excluding carboxylic acids is 1. The molecule has 1 aliphatic rings. The van der Waals surface area contributed by atoms with Gasteiger partial charge in [-0.25, -0.2) is 13.2 Å².